The Morgan fingerprint density at radius 3 is 2.83 bits per heavy atom. The molecule has 0 aliphatic heterocycles. The zero-order valence-corrected chi connectivity index (χ0v) is 14.7. The summed E-state index contributed by atoms with van der Waals surface area (Å²) in [7, 11) is 0. The zero-order chi connectivity index (χ0) is 17.1. The van der Waals surface area contributed by atoms with Crippen molar-refractivity contribution in [1.82, 2.24) is 15.3 Å². The van der Waals surface area contributed by atoms with Gasteiger partial charge in [-0.1, -0.05) is 18.2 Å². The fraction of sp³-hybridized carbons (Fsp3) is 0.222. The van der Waals surface area contributed by atoms with E-state index in [0.29, 0.717) is 12.3 Å². The molecular formula is C18H19N3O2S. The molecule has 1 amide bonds. The number of hydroxylamine groups is 1. The minimum absolute atomic E-state index is 0.312. The fourth-order valence-electron chi connectivity index (χ4n) is 2.41. The van der Waals surface area contributed by atoms with Crippen LogP contribution in [0.5, 0.6) is 0 Å². The number of aromatic nitrogens is 2. The minimum atomic E-state index is -0.312. The van der Waals surface area contributed by atoms with Crippen molar-refractivity contribution < 1.29 is 9.63 Å². The van der Waals surface area contributed by atoms with Crippen LogP contribution in [-0.2, 0) is 4.84 Å². The summed E-state index contributed by atoms with van der Waals surface area (Å²) in [6.45, 7) is 6.25. The van der Waals surface area contributed by atoms with Crippen LogP contribution in [0.1, 0.15) is 28.5 Å². The first kappa shape index (κ1) is 16.4. The lowest BCUT2D eigenvalue weighted by Gasteiger charge is -2.11. The summed E-state index contributed by atoms with van der Waals surface area (Å²) in [5, 5.41) is 6.66. The van der Waals surface area contributed by atoms with Gasteiger partial charge < -0.3 is 0 Å². The van der Waals surface area contributed by atoms with Gasteiger partial charge in [0.25, 0.3) is 5.91 Å². The fourth-order valence-corrected chi connectivity index (χ4v) is 3.09. The quantitative estimate of drug-likeness (QED) is 0.716. The molecule has 0 unspecified atom stereocenters. The van der Waals surface area contributed by atoms with Gasteiger partial charge in [-0.25, -0.2) is 10.2 Å². The number of hydrogen-bond donors (Lipinski definition) is 1. The van der Waals surface area contributed by atoms with Crippen LogP contribution in [0.15, 0.2) is 41.8 Å². The molecule has 1 N–H and O–H groups in total. The van der Waals surface area contributed by atoms with Crippen LogP contribution in [0.3, 0.4) is 0 Å². The summed E-state index contributed by atoms with van der Waals surface area (Å²) in [5.74, 6) is -0.312. The van der Waals surface area contributed by atoms with E-state index in [2.05, 4.69) is 10.6 Å². The largest absolute Gasteiger partial charge is 0.293 e. The molecule has 0 fully saturated rings. The van der Waals surface area contributed by atoms with Gasteiger partial charge in [-0.05, 0) is 55.5 Å². The van der Waals surface area contributed by atoms with Gasteiger partial charge in [0.1, 0.15) is 11.4 Å². The van der Waals surface area contributed by atoms with Crippen LogP contribution in [0.2, 0.25) is 0 Å². The highest BCUT2D eigenvalue weighted by atomic mass is 32.1. The maximum atomic E-state index is 12.5. The minimum Gasteiger partial charge on any atom is -0.274 e. The molecular weight excluding hydrogens is 322 g/mol. The van der Waals surface area contributed by atoms with Crippen LogP contribution in [0.25, 0.3) is 16.3 Å². The second kappa shape index (κ2) is 6.98. The van der Waals surface area contributed by atoms with Gasteiger partial charge >= 0.3 is 0 Å². The van der Waals surface area contributed by atoms with E-state index in [4.69, 9.17) is 4.84 Å². The molecule has 1 aromatic carbocycles. The number of carbonyl (C=O) groups excluding carboxylic acids is 1. The molecule has 0 spiro atoms. The molecule has 3 aromatic rings. The Hall–Kier alpha value is -2.44. The van der Waals surface area contributed by atoms with E-state index < -0.39 is 0 Å². The topological polar surface area (TPSA) is 56.1 Å². The lowest BCUT2D eigenvalue weighted by Crippen LogP contribution is -2.26. The van der Waals surface area contributed by atoms with Crippen molar-refractivity contribution >= 4 is 17.2 Å². The molecule has 24 heavy (non-hydrogen) atoms. The van der Waals surface area contributed by atoms with E-state index in [1.54, 1.807) is 22.1 Å². The second-order valence-corrected chi connectivity index (χ2v) is 6.41. The lowest BCUT2D eigenvalue weighted by atomic mass is 10.1. The van der Waals surface area contributed by atoms with Gasteiger partial charge in [0.2, 0.25) is 0 Å². The maximum absolute atomic E-state index is 12.5. The Morgan fingerprint density at radius 2 is 2.12 bits per heavy atom. The van der Waals surface area contributed by atoms with Crippen molar-refractivity contribution in [3.63, 3.8) is 0 Å². The highest BCUT2D eigenvalue weighted by molar-refractivity contribution is 7.13. The molecule has 3 rings (SSSR count). The van der Waals surface area contributed by atoms with Crippen LogP contribution >= 0.6 is 11.3 Å². The van der Waals surface area contributed by atoms with Crippen molar-refractivity contribution in [2.45, 2.75) is 20.8 Å². The number of nitrogens with one attached hydrogen (secondary N) is 1. The summed E-state index contributed by atoms with van der Waals surface area (Å²) in [5.41, 5.74) is 6.72. The summed E-state index contributed by atoms with van der Waals surface area (Å²) < 4.78 is 1.69. The molecule has 5 nitrogen and oxygen atoms in total. The number of carbonyl (C=O) groups is 1. The number of benzene rings is 1. The zero-order valence-electron chi connectivity index (χ0n) is 13.9. The van der Waals surface area contributed by atoms with Gasteiger partial charge in [-0.2, -0.15) is 5.10 Å². The van der Waals surface area contributed by atoms with Crippen molar-refractivity contribution in [3.05, 3.63) is 58.6 Å². The Labute approximate surface area is 144 Å². The van der Waals surface area contributed by atoms with E-state index in [-0.39, 0.29) is 5.91 Å². The van der Waals surface area contributed by atoms with Crippen LogP contribution in [0.4, 0.5) is 0 Å². The van der Waals surface area contributed by atoms with E-state index in [1.165, 1.54) is 0 Å². The third-order valence-corrected chi connectivity index (χ3v) is 4.51. The Morgan fingerprint density at radius 1 is 1.29 bits per heavy atom. The molecule has 6 heteroatoms. The highest BCUT2D eigenvalue weighted by Gasteiger charge is 2.19. The number of amides is 1. The highest BCUT2D eigenvalue weighted by Crippen LogP contribution is 2.27. The van der Waals surface area contributed by atoms with Gasteiger partial charge in [-0.15, -0.1) is 11.3 Å². The van der Waals surface area contributed by atoms with Crippen molar-refractivity contribution in [3.8, 4) is 16.3 Å². The average Bonchev–Trinajstić information content (AvgIpc) is 3.23. The SMILES string of the molecule is CCONC(=O)c1cc(-c2cccs2)nn1-c1cc(C)ccc1C. The Kier molecular flexibility index (Phi) is 4.78. The van der Waals surface area contributed by atoms with Crippen LogP contribution in [0, 0.1) is 13.8 Å². The van der Waals surface area contributed by atoms with Crippen LogP contribution in [-0.4, -0.2) is 22.3 Å². The molecule has 0 aliphatic carbocycles. The molecule has 0 atom stereocenters. The number of hydrogen-bond acceptors (Lipinski definition) is 4. The maximum Gasteiger partial charge on any atom is 0.293 e. The molecule has 0 saturated heterocycles. The van der Waals surface area contributed by atoms with E-state index in [0.717, 1.165) is 27.4 Å². The predicted molar refractivity (Wildman–Crippen MR) is 95.4 cm³/mol. The molecule has 2 heterocycles. The molecule has 0 bridgehead atoms. The summed E-state index contributed by atoms with van der Waals surface area (Å²) in [6.07, 6.45) is 0. The van der Waals surface area contributed by atoms with Crippen molar-refractivity contribution in [1.29, 1.82) is 0 Å². The summed E-state index contributed by atoms with van der Waals surface area (Å²) >= 11 is 1.59. The monoisotopic (exact) mass is 341 g/mol. The third-order valence-electron chi connectivity index (χ3n) is 3.62. The Balaban J connectivity index is 2.12. The van der Waals surface area contributed by atoms with Gasteiger partial charge in [-0.3, -0.25) is 9.63 Å². The first-order chi connectivity index (χ1) is 11.6. The Bertz CT molecular complexity index is 853. The molecule has 0 radical (unpaired) electrons. The standard InChI is InChI=1S/C18H19N3O2S/c1-4-23-20-18(22)16-11-14(17-6-5-9-24-17)19-21(16)15-10-12(2)7-8-13(15)3/h5-11H,4H2,1-3H3,(H,20,22). The normalized spacial score (nSPS) is 10.8. The van der Waals surface area contributed by atoms with Crippen molar-refractivity contribution in [2.75, 3.05) is 6.61 Å². The van der Waals surface area contributed by atoms with Gasteiger partial charge in [0.15, 0.2) is 0 Å². The van der Waals surface area contributed by atoms with E-state index in [9.17, 15) is 4.79 Å². The van der Waals surface area contributed by atoms with Gasteiger partial charge in [0.05, 0.1) is 17.2 Å². The number of nitrogens with zero attached hydrogens (tertiary/aromatic N) is 2. The summed E-state index contributed by atoms with van der Waals surface area (Å²) in [6, 6.07) is 11.9. The molecule has 124 valence electrons. The van der Waals surface area contributed by atoms with Crippen LogP contribution < -0.4 is 5.48 Å². The third kappa shape index (κ3) is 3.25. The smallest absolute Gasteiger partial charge is 0.274 e. The second-order valence-electron chi connectivity index (χ2n) is 5.46. The molecule has 0 aliphatic rings. The molecule has 2 aromatic heterocycles. The van der Waals surface area contributed by atoms with Gasteiger partial charge in [0, 0.05) is 0 Å². The van der Waals surface area contributed by atoms with E-state index >= 15 is 0 Å². The lowest BCUT2D eigenvalue weighted by molar-refractivity contribution is 0.0357. The number of rotatable bonds is 5. The number of aryl methyl sites for hydroxylation is 2. The first-order valence-electron chi connectivity index (χ1n) is 7.74. The van der Waals surface area contributed by atoms with E-state index in [1.807, 2.05) is 56.5 Å². The predicted octanol–water partition coefficient (Wildman–Crippen LogP) is 3.90. The average molecular weight is 341 g/mol. The molecule has 0 saturated carbocycles. The first-order valence-corrected chi connectivity index (χ1v) is 8.62. The van der Waals surface area contributed by atoms with Crippen molar-refractivity contribution in [2.24, 2.45) is 0 Å². The number of thiophene rings is 1. The summed E-state index contributed by atoms with van der Waals surface area (Å²) in [4.78, 5) is 18.6.